The van der Waals surface area contributed by atoms with Crippen LogP contribution < -0.4 is 0 Å². The highest BCUT2D eigenvalue weighted by Gasteiger charge is 2.24. The molecule has 0 spiro atoms. The quantitative estimate of drug-likeness (QED) is 0.548. The normalized spacial score (nSPS) is 17.1. The highest BCUT2D eigenvalue weighted by Crippen LogP contribution is 2.25. The maximum atomic E-state index is 12.8. The number of rotatable bonds is 3. The van der Waals surface area contributed by atoms with E-state index in [1.165, 1.54) is 0 Å². The Labute approximate surface area is 171 Å². The van der Waals surface area contributed by atoms with Gasteiger partial charge in [0, 0.05) is 30.4 Å². The third-order valence-corrected chi connectivity index (χ3v) is 5.84. The largest absolute Gasteiger partial charge is 0.327 e. The Morgan fingerprint density at radius 2 is 1.83 bits per heavy atom. The number of non-ortho nitro benzene ring substituents is 1. The number of halogens is 1. The predicted molar refractivity (Wildman–Crippen MR) is 109 cm³/mol. The van der Waals surface area contributed by atoms with E-state index in [4.69, 9.17) is 11.6 Å². The number of nitrogens with zero attached hydrogens (tertiary/aromatic N) is 4. The van der Waals surface area contributed by atoms with Gasteiger partial charge in [-0.1, -0.05) is 35.9 Å². The SMILES string of the molecule is O=[N+]([O-])c1ccc(S(=O)(=O)N=C2N=C3C=CC(Cl)=CN3Cc3ccccc32)cc1. The number of hydrogen-bond donors (Lipinski definition) is 0. The molecule has 0 atom stereocenters. The molecule has 146 valence electrons. The average Bonchev–Trinajstić information content (AvgIpc) is 2.84. The number of nitro groups is 1. The Morgan fingerprint density at radius 3 is 2.55 bits per heavy atom. The number of allylic oxidation sites excluding steroid dienone is 2. The lowest BCUT2D eigenvalue weighted by Gasteiger charge is -2.21. The molecule has 2 aromatic carbocycles. The fourth-order valence-corrected chi connectivity index (χ4v) is 4.07. The molecule has 0 unspecified atom stereocenters. The molecule has 0 amide bonds. The molecule has 2 aromatic rings. The van der Waals surface area contributed by atoms with Crippen molar-refractivity contribution in [2.75, 3.05) is 0 Å². The molecule has 0 bridgehead atoms. The molecule has 0 aliphatic carbocycles. The molecular formula is C19H13ClN4O4S. The van der Waals surface area contributed by atoms with Crippen LogP contribution in [0.3, 0.4) is 0 Å². The average molecular weight is 429 g/mol. The van der Waals surface area contributed by atoms with Crippen molar-refractivity contribution in [1.82, 2.24) is 4.90 Å². The van der Waals surface area contributed by atoms with Crippen molar-refractivity contribution in [3.63, 3.8) is 0 Å². The van der Waals surface area contributed by atoms with E-state index in [0.29, 0.717) is 23.0 Å². The van der Waals surface area contributed by atoms with Gasteiger partial charge in [0.1, 0.15) is 5.84 Å². The molecule has 10 heteroatoms. The van der Waals surface area contributed by atoms with Crippen LogP contribution in [0, 0.1) is 10.1 Å². The molecule has 8 nitrogen and oxygen atoms in total. The molecule has 0 radical (unpaired) electrons. The molecule has 2 aliphatic heterocycles. The summed E-state index contributed by atoms with van der Waals surface area (Å²) < 4.78 is 29.6. The lowest BCUT2D eigenvalue weighted by molar-refractivity contribution is -0.384. The molecule has 29 heavy (non-hydrogen) atoms. The van der Waals surface area contributed by atoms with Crippen molar-refractivity contribution in [3.8, 4) is 0 Å². The number of benzene rings is 2. The first-order valence-electron chi connectivity index (χ1n) is 8.42. The minimum atomic E-state index is -4.14. The van der Waals surface area contributed by atoms with Crippen LogP contribution in [0.4, 0.5) is 5.69 Å². The van der Waals surface area contributed by atoms with Gasteiger partial charge in [0.25, 0.3) is 15.7 Å². The van der Waals surface area contributed by atoms with Crippen LogP contribution >= 0.6 is 11.6 Å². The summed E-state index contributed by atoms with van der Waals surface area (Å²) in [5, 5.41) is 11.3. The van der Waals surface area contributed by atoms with E-state index in [-0.39, 0.29) is 16.4 Å². The number of fused-ring (bicyclic) bond motifs is 2. The number of nitro benzene ring substituents is 1. The van der Waals surface area contributed by atoms with Gasteiger partial charge < -0.3 is 4.90 Å². The number of aliphatic imine (C=N–C) groups is 1. The van der Waals surface area contributed by atoms with Gasteiger partial charge in [-0.05, 0) is 29.8 Å². The Hall–Kier alpha value is -3.30. The summed E-state index contributed by atoms with van der Waals surface area (Å²) >= 11 is 6.08. The highest BCUT2D eigenvalue weighted by molar-refractivity contribution is 7.90. The fourth-order valence-electron chi connectivity index (χ4n) is 2.94. The van der Waals surface area contributed by atoms with Gasteiger partial charge in [0.05, 0.1) is 14.9 Å². The standard InChI is InChI=1S/C19H13ClN4O4S/c20-14-5-10-18-21-19(17-4-2-1-3-13(17)11-23(18)12-14)22-29(27,28)16-8-6-15(7-9-16)24(25)26/h1-10,12H,11H2. The highest BCUT2D eigenvalue weighted by atomic mass is 35.5. The van der Waals surface area contributed by atoms with E-state index in [9.17, 15) is 18.5 Å². The number of sulfonamides is 1. The molecule has 4 rings (SSSR count). The fraction of sp³-hybridized carbons (Fsp3) is 0.0526. The summed E-state index contributed by atoms with van der Waals surface area (Å²) in [5.74, 6) is 0.538. The van der Waals surface area contributed by atoms with Gasteiger partial charge in [-0.25, -0.2) is 4.99 Å². The first kappa shape index (κ1) is 19.0. The molecular weight excluding hydrogens is 416 g/mol. The predicted octanol–water partition coefficient (Wildman–Crippen LogP) is 3.59. The molecule has 0 aromatic heterocycles. The first-order chi connectivity index (χ1) is 13.8. The van der Waals surface area contributed by atoms with E-state index in [1.807, 2.05) is 17.0 Å². The Morgan fingerprint density at radius 1 is 1.10 bits per heavy atom. The molecule has 2 heterocycles. The summed E-state index contributed by atoms with van der Waals surface area (Å²) in [4.78, 5) is 16.3. The van der Waals surface area contributed by atoms with Crippen LogP contribution in [0.25, 0.3) is 0 Å². The van der Waals surface area contributed by atoms with Crippen LogP contribution in [-0.2, 0) is 16.6 Å². The number of amidine groups is 2. The second kappa shape index (κ2) is 7.26. The van der Waals surface area contributed by atoms with Gasteiger partial charge in [-0.3, -0.25) is 10.1 Å². The van der Waals surface area contributed by atoms with Crippen molar-refractivity contribution in [2.24, 2.45) is 9.39 Å². The number of hydrogen-bond acceptors (Lipinski definition) is 5. The summed E-state index contributed by atoms with van der Waals surface area (Å²) in [6, 6.07) is 11.8. The second-order valence-electron chi connectivity index (χ2n) is 6.24. The van der Waals surface area contributed by atoms with Crippen LogP contribution in [0.15, 0.2) is 86.2 Å². The van der Waals surface area contributed by atoms with Crippen molar-refractivity contribution in [2.45, 2.75) is 11.4 Å². The van der Waals surface area contributed by atoms with Gasteiger partial charge >= 0.3 is 0 Å². The minimum absolute atomic E-state index is 0.0347. The summed E-state index contributed by atoms with van der Waals surface area (Å²) in [6.07, 6.45) is 5.06. The first-order valence-corrected chi connectivity index (χ1v) is 10.2. The zero-order chi connectivity index (χ0) is 20.6. The second-order valence-corrected chi connectivity index (χ2v) is 8.28. The zero-order valence-electron chi connectivity index (χ0n) is 14.8. The minimum Gasteiger partial charge on any atom is -0.327 e. The van der Waals surface area contributed by atoms with Crippen LogP contribution in [0.2, 0.25) is 0 Å². The molecule has 0 saturated carbocycles. The Balaban J connectivity index is 1.83. The smallest absolute Gasteiger partial charge is 0.284 e. The van der Waals surface area contributed by atoms with E-state index in [0.717, 1.165) is 29.8 Å². The molecule has 2 aliphatic rings. The summed E-state index contributed by atoms with van der Waals surface area (Å²) in [7, 11) is -4.14. The van der Waals surface area contributed by atoms with E-state index in [2.05, 4.69) is 9.39 Å². The monoisotopic (exact) mass is 428 g/mol. The molecule has 0 saturated heterocycles. The van der Waals surface area contributed by atoms with Crippen molar-refractivity contribution >= 4 is 39.0 Å². The van der Waals surface area contributed by atoms with Crippen LogP contribution in [0.5, 0.6) is 0 Å². The van der Waals surface area contributed by atoms with Crippen molar-refractivity contribution in [1.29, 1.82) is 0 Å². The zero-order valence-corrected chi connectivity index (χ0v) is 16.3. The van der Waals surface area contributed by atoms with E-state index in [1.54, 1.807) is 30.5 Å². The van der Waals surface area contributed by atoms with Crippen LogP contribution in [-0.4, -0.2) is 29.9 Å². The van der Waals surface area contributed by atoms with Gasteiger partial charge in [-0.15, -0.1) is 4.40 Å². The van der Waals surface area contributed by atoms with Gasteiger partial charge in [0.2, 0.25) is 0 Å². The Kier molecular flexibility index (Phi) is 4.77. The van der Waals surface area contributed by atoms with Gasteiger partial charge in [-0.2, -0.15) is 8.42 Å². The van der Waals surface area contributed by atoms with E-state index < -0.39 is 14.9 Å². The summed E-state index contributed by atoms with van der Waals surface area (Å²) in [6.45, 7) is 0.451. The van der Waals surface area contributed by atoms with Crippen LogP contribution in [0.1, 0.15) is 11.1 Å². The maximum absolute atomic E-state index is 12.8. The third kappa shape index (κ3) is 3.82. The molecule has 0 N–H and O–H groups in total. The lowest BCUT2D eigenvalue weighted by Crippen LogP contribution is -2.25. The summed E-state index contributed by atoms with van der Waals surface area (Å²) in [5.41, 5.74) is 1.21. The Bertz CT molecular complexity index is 1230. The van der Waals surface area contributed by atoms with Crippen molar-refractivity contribution < 1.29 is 13.3 Å². The third-order valence-electron chi connectivity index (χ3n) is 4.34. The maximum Gasteiger partial charge on any atom is 0.284 e. The lowest BCUT2D eigenvalue weighted by atomic mass is 10.1. The van der Waals surface area contributed by atoms with E-state index >= 15 is 0 Å². The molecule has 0 fully saturated rings. The topological polar surface area (TPSA) is 105 Å². The van der Waals surface area contributed by atoms with Gasteiger partial charge in [0.15, 0.2) is 5.84 Å². The van der Waals surface area contributed by atoms with Crippen molar-refractivity contribution in [3.05, 3.63) is 93.2 Å².